The van der Waals surface area contributed by atoms with E-state index >= 15 is 0 Å². The van der Waals surface area contributed by atoms with Crippen LogP contribution in [0.15, 0.2) is 24.3 Å². The van der Waals surface area contributed by atoms with Gasteiger partial charge >= 0.3 is 41.7 Å². The number of rotatable bonds is 10. The summed E-state index contributed by atoms with van der Waals surface area (Å²) in [4.78, 5) is 12.1. The summed E-state index contributed by atoms with van der Waals surface area (Å²) in [7, 11) is 0. The molecule has 0 bridgehead atoms. The van der Waals surface area contributed by atoms with Gasteiger partial charge in [0.05, 0.1) is 0 Å². The molecule has 0 radical (unpaired) electrons. The number of ketones is 1. The minimum absolute atomic E-state index is 0.148. The molecule has 0 heterocycles. The summed E-state index contributed by atoms with van der Waals surface area (Å²) in [6.45, 7) is 2.14. The number of Topliss-reactive ketones (excluding diaryl/α,β-unsaturated/α-hetero) is 1. The number of carbonyl (C=O) groups excluding carboxylic acids is 1. The number of halogens is 15. The summed E-state index contributed by atoms with van der Waals surface area (Å²) < 4.78 is 202. The molecule has 0 atom stereocenters. The minimum atomic E-state index is -8.43. The quantitative estimate of drug-likeness (QED) is 0.179. The van der Waals surface area contributed by atoms with Crippen LogP contribution < -0.4 is 0 Å². The maximum Gasteiger partial charge on any atom is 0.460 e. The molecule has 252 valence electrons. The smallest absolute Gasteiger partial charge is 0.287 e. The lowest BCUT2D eigenvalue weighted by Gasteiger charge is -2.41. The van der Waals surface area contributed by atoms with E-state index in [2.05, 4.69) is 6.92 Å². The van der Waals surface area contributed by atoms with E-state index in [4.69, 9.17) is 0 Å². The van der Waals surface area contributed by atoms with Crippen LogP contribution in [0, 0.1) is 17.8 Å². The van der Waals surface area contributed by atoms with Gasteiger partial charge in [-0.15, -0.1) is 0 Å². The van der Waals surface area contributed by atoms with Crippen molar-refractivity contribution >= 4 is 5.78 Å². The maximum absolute atomic E-state index is 14.4. The molecule has 2 saturated carbocycles. The van der Waals surface area contributed by atoms with Crippen LogP contribution in [0.4, 0.5) is 65.9 Å². The molecule has 0 aromatic heterocycles. The Hall–Kier alpha value is -2.16. The van der Waals surface area contributed by atoms with Crippen LogP contribution in [0.25, 0.3) is 0 Å². The molecule has 0 spiro atoms. The van der Waals surface area contributed by atoms with E-state index in [9.17, 15) is 70.7 Å². The van der Waals surface area contributed by atoms with Gasteiger partial charge in [-0.25, -0.2) is 0 Å². The summed E-state index contributed by atoms with van der Waals surface area (Å²) >= 11 is 0. The van der Waals surface area contributed by atoms with Crippen molar-refractivity contribution in [2.45, 2.75) is 112 Å². The first-order valence-corrected chi connectivity index (χ1v) is 13.9. The zero-order valence-corrected chi connectivity index (χ0v) is 23.1. The second kappa shape index (κ2) is 11.9. The molecule has 1 aromatic rings. The Labute approximate surface area is 242 Å². The van der Waals surface area contributed by atoms with Gasteiger partial charge in [-0.3, -0.25) is 4.79 Å². The Morgan fingerprint density at radius 2 is 0.955 bits per heavy atom. The average Bonchev–Trinajstić information content (AvgIpc) is 2.95. The van der Waals surface area contributed by atoms with Crippen molar-refractivity contribution in [2.75, 3.05) is 0 Å². The molecule has 0 N–H and O–H groups in total. The van der Waals surface area contributed by atoms with E-state index in [1.165, 1.54) is 0 Å². The van der Waals surface area contributed by atoms with Gasteiger partial charge in [-0.2, -0.15) is 65.9 Å². The lowest BCUT2D eigenvalue weighted by atomic mass is 9.68. The van der Waals surface area contributed by atoms with Crippen molar-refractivity contribution in [1.29, 1.82) is 0 Å². The summed E-state index contributed by atoms with van der Waals surface area (Å²) in [5.41, 5.74) is -0.998. The zero-order valence-electron chi connectivity index (χ0n) is 23.1. The van der Waals surface area contributed by atoms with Gasteiger partial charge < -0.3 is 0 Å². The Morgan fingerprint density at radius 3 is 1.36 bits per heavy atom. The molecule has 2 fully saturated rings. The number of alkyl halides is 15. The number of benzene rings is 1. The van der Waals surface area contributed by atoms with Crippen molar-refractivity contribution in [3.05, 3.63) is 35.4 Å². The van der Waals surface area contributed by atoms with E-state index in [1.54, 1.807) is 0 Å². The molecular formula is C28H29F15O. The van der Waals surface area contributed by atoms with Gasteiger partial charge in [0, 0.05) is 5.56 Å². The monoisotopic (exact) mass is 666 g/mol. The molecular weight excluding hydrogens is 637 g/mol. The molecule has 3 rings (SSSR count). The minimum Gasteiger partial charge on any atom is -0.287 e. The third kappa shape index (κ3) is 5.79. The van der Waals surface area contributed by atoms with Crippen molar-refractivity contribution in [3.63, 3.8) is 0 Å². The molecule has 0 amide bonds. The lowest BCUT2D eigenvalue weighted by molar-refractivity contribution is -0.449. The van der Waals surface area contributed by atoms with Crippen LogP contribution in [0.3, 0.4) is 0 Å². The Bertz CT molecular complexity index is 1140. The highest BCUT2D eigenvalue weighted by Gasteiger charge is 2.94. The molecule has 2 aliphatic carbocycles. The standard InChI is InChI=1S/C28H29F15O/c1-2-15-3-5-16(6-4-15)17-7-9-18(10-8-17)19-11-13-20(14-12-19)21(44)22(29,30)23(31,32)24(33,34)25(35,36)26(37,38)27(39,40)28(41,42)43/h11-18H,2-10H2,1H3/t15-,16-,17-,18-. The Kier molecular flexibility index (Phi) is 9.81. The SMILES string of the molecule is CC[C@H]1CC[C@H]([C@H]2CC[C@H](c3ccc(C(=O)C(F)(F)C(F)(F)C(F)(F)C(F)(F)C(F)(F)C(F)(F)C(F)(F)F)cc3)CC2)CC1. The average molecular weight is 667 g/mol. The first-order valence-electron chi connectivity index (χ1n) is 13.9. The van der Waals surface area contributed by atoms with Crippen LogP contribution in [-0.2, 0) is 0 Å². The second-order valence-electron chi connectivity index (χ2n) is 11.7. The van der Waals surface area contributed by atoms with Crippen LogP contribution >= 0.6 is 0 Å². The van der Waals surface area contributed by atoms with E-state index < -0.39 is 53.1 Å². The third-order valence-corrected chi connectivity index (χ3v) is 9.16. The second-order valence-corrected chi connectivity index (χ2v) is 11.7. The predicted octanol–water partition coefficient (Wildman–Crippen LogP) is 10.7. The molecule has 0 aliphatic heterocycles. The van der Waals surface area contributed by atoms with Crippen molar-refractivity contribution < 1.29 is 70.7 Å². The molecule has 16 heteroatoms. The summed E-state index contributed by atoms with van der Waals surface area (Å²) in [6.07, 6.45) is 0.908. The van der Waals surface area contributed by atoms with Gasteiger partial charge in [0.15, 0.2) is 0 Å². The van der Waals surface area contributed by atoms with Crippen molar-refractivity contribution in [3.8, 4) is 0 Å². The fraction of sp³-hybridized carbons (Fsp3) is 0.750. The molecule has 0 unspecified atom stereocenters. The summed E-state index contributed by atoms with van der Waals surface area (Å²) in [5.74, 6) is -49.6. The van der Waals surface area contributed by atoms with Crippen LogP contribution in [0.1, 0.15) is 86.6 Å². The normalized spacial score (nSPS) is 25.2. The predicted molar refractivity (Wildman–Crippen MR) is 127 cm³/mol. The third-order valence-electron chi connectivity index (χ3n) is 9.16. The summed E-state index contributed by atoms with van der Waals surface area (Å²) in [5, 5.41) is 0. The zero-order chi connectivity index (χ0) is 33.7. The highest BCUT2D eigenvalue weighted by molar-refractivity contribution is 6.02. The van der Waals surface area contributed by atoms with Gasteiger partial charge in [0.1, 0.15) is 0 Å². The van der Waals surface area contributed by atoms with E-state index in [1.807, 2.05) is 0 Å². The maximum atomic E-state index is 14.4. The first-order chi connectivity index (χ1) is 19.9. The van der Waals surface area contributed by atoms with E-state index in [0.29, 0.717) is 48.3 Å². The number of hydrogen-bond donors (Lipinski definition) is 0. The van der Waals surface area contributed by atoms with Crippen molar-refractivity contribution in [1.82, 2.24) is 0 Å². The van der Waals surface area contributed by atoms with Crippen LogP contribution in [-0.4, -0.2) is 47.5 Å². The van der Waals surface area contributed by atoms with E-state index in [-0.39, 0.29) is 5.92 Å². The fourth-order valence-electron chi connectivity index (χ4n) is 6.19. The van der Waals surface area contributed by atoms with Gasteiger partial charge in [-0.1, -0.05) is 50.5 Å². The van der Waals surface area contributed by atoms with Crippen LogP contribution in [0.2, 0.25) is 0 Å². The largest absolute Gasteiger partial charge is 0.460 e. The van der Waals surface area contributed by atoms with Crippen molar-refractivity contribution in [2.24, 2.45) is 17.8 Å². The van der Waals surface area contributed by atoms with Gasteiger partial charge in [0.2, 0.25) is 5.78 Å². The molecule has 1 nitrogen and oxygen atoms in total. The molecule has 1 aromatic carbocycles. The van der Waals surface area contributed by atoms with Crippen LogP contribution in [0.5, 0.6) is 0 Å². The Morgan fingerprint density at radius 1 is 0.568 bits per heavy atom. The number of hydrogen-bond acceptors (Lipinski definition) is 1. The lowest BCUT2D eigenvalue weighted by Crippen LogP contribution is -2.73. The van der Waals surface area contributed by atoms with Gasteiger partial charge in [0.25, 0.3) is 0 Å². The fourth-order valence-corrected chi connectivity index (χ4v) is 6.19. The number of carbonyl (C=O) groups is 1. The summed E-state index contributed by atoms with van der Waals surface area (Å²) in [6, 6.07) is 3.04. The molecule has 44 heavy (non-hydrogen) atoms. The first kappa shape index (κ1) is 36.3. The van der Waals surface area contributed by atoms with E-state index in [0.717, 1.165) is 57.1 Å². The molecule has 2 aliphatic rings. The topological polar surface area (TPSA) is 17.1 Å². The molecule has 0 saturated heterocycles. The van der Waals surface area contributed by atoms with Gasteiger partial charge in [-0.05, 0) is 67.8 Å². The Balaban J connectivity index is 1.76. The highest BCUT2D eigenvalue weighted by atomic mass is 19.4. The highest BCUT2D eigenvalue weighted by Crippen LogP contribution is 2.62.